The highest BCUT2D eigenvalue weighted by Gasteiger charge is 2.34. The molecule has 30 heavy (non-hydrogen) atoms. The van der Waals surface area contributed by atoms with E-state index in [2.05, 4.69) is 34.3 Å². The summed E-state index contributed by atoms with van der Waals surface area (Å²) in [4.78, 5) is 29.9. The summed E-state index contributed by atoms with van der Waals surface area (Å²) in [5.41, 5.74) is 1.24. The van der Waals surface area contributed by atoms with Crippen LogP contribution in [0.15, 0.2) is 35.8 Å². The Balaban J connectivity index is 1.62. The van der Waals surface area contributed by atoms with Crippen LogP contribution in [0.4, 0.5) is 0 Å². The third kappa shape index (κ3) is 4.08. The molecule has 1 aliphatic rings. The Morgan fingerprint density at radius 1 is 1.23 bits per heavy atom. The monoisotopic (exact) mass is 426 g/mol. The van der Waals surface area contributed by atoms with Gasteiger partial charge in [-0.2, -0.15) is 0 Å². The Hall–Kier alpha value is -2.78. The Kier molecular flexibility index (Phi) is 5.83. The fraction of sp³-hybridized carbons (Fsp3) is 0.429. The molecule has 1 atom stereocenters. The van der Waals surface area contributed by atoms with Crippen molar-refractivity contribution >= 4 is 28.8 Å². The molecule has 2 amide bonds. The zero-order valence-electron chi connectivity index (χ0n) is 17.4. The third-order valence-electron chi connectivity index (χ3n) is 5.52. The molecule has 1 fully saturated rings. The minimum Gasteiger partial charge on any atom is -0.347 e. The molecule has 1 saturated heterocycles. The van der Waals surface area contributed by atoms with Crippen LogP contribution in [0.5, 0.6) is 0 Å². The van der Waals surface area contributed by atoms with Crippen LogP contribution in [0.2, 0.25) is 0 Å². The number of rotatable bonds is 5. The van der Waals surface area contributed by atoms with E-state index in [4.69, 9.17) is 0 Å². The molecule has 0 unspecified atom stereocenters. The van der Waals surface area contributed by atoms with Crippen LogP contribution in [-0.4, -0.2) is 61.9 Å². The average molecular weight is 427 g/mol. The lowest BCUT2D eigenvalue weighted by atomic mass is 10.1. The van der Waals surface area contributed by atoms with Crippen LogP contribution < -0.4 is 5.32 Å². The van der Waals surface area contributed by atoms with Crippen LogP contribution in [0, 0.1) is 0 Å². The van der Waals surface area contributed by atoms with Crippen molar-refractivity contribution in [2.75, 3.05) is 19.6 Å². The molecule has 4 heterocycles. The summed E-state index contributed by atoms with van der Waals surface area (Å²) in [5.74, 6) is 0.670. The van der Waals surface area contributed by atoms with Gasteiger partial charge in [0.2, 0.25) is 5.91 Å². The van der Waals surface area contributed by atoms with Crippen molar-refractivity contribution in [2.45, 2.75) is 39.4 Å². The largest absolute Gasteiger partial charge is 0.347 e. The van der Waals surface area contributed by atoms with Crippen molar-refractivity contribution in [3.05, 3.63) is 52.1 Å². The van der Waals surface area contributed by atoms with Crippen molar-refractivity contribution in [3.8, 4) is 0 Å². The minimum absolute atomic E-state index is 0.0610. The number of hydrogen-bond acceptors (Lipinski definition) is 6. The second-order valence-corrected chi connectivity index (χ2v) is 8.81. The van der Waals surface area contributed by atoms with Crippen LogP contribution in [-0.2, 0) is 11.3 Å². The van der Waals surface area contributed by atoms with E-state index in [1.165, 1.54) is 0 Å². The van der Waals surface area contributed by atoms with Gasteiger partial charge in [-0.05, 0) is 37.4 Å². The molecule has 9 heteroatoms. The predicted octanol–water partition coefficient (Wildman–Crippen LogP) is 2.33. The van der Waals surface area contributed by atoms with Gasteiger partial charge in [0.15, 0.2) is 11.5 Å². The van der Waals surface area contributed by atoms with Gasteiger partial charge in [0, 0.05) is 43.7 Å². The maximum atomic E-state index is 12.7. The van der Waals surface area contributed by atoms with E-state index in [1.54, 1.807) is 30.5 Å². The molecule has 4 rings (SSSR count). The SMILES string of the molecule is CC(=O)N1CCN(C(C)C)[C@@H](c2nnc3ccc(C(=O)NCc4cccs4)cn23)C1. The van der Waals surface area contributed by atoms with Gasteiger partial charge in [0.05, 0.1) is 18.2 Å². The molecule has 0 aliphatic carbocycles. The van der Waals surface area contributed by atoms with Gasteiger partial charge < -0.3 is 10.2 Å². The summed E-state index contributed by atoms with van der Waals surface area (Å²) in [6.07, 6.45) is 1.79. The fourth-order valence-corrected chi connectivity index (χ4v) is 4.53. The molecular weight excluding hydrogens is 400 g/mol. The first-order chi connectivity index (χ1) is 14.4. The number of amides is 2. The van der Waals surface area contributed by atoms with Crippen molar-refractivity contribution in [2.24, 2.45) is 0 Å². The minimum atomic E-state index is -0.139. The zero-order valence-corrected chi connectivity index (χ0v) is 18.2. The molecule has 0 aromatic carbocycles. The van der Waals surface area contributed by atoms with E-state index in [1.807, 2.05) is 32.9 Å². The van der Waals surface area contributed by atoms with Gasteiger partial charge in [0.25, 0.3) is 5.91 Å². The number of hydrogen-bond donors (Lipinski definition) is 1. The molecule has 0 spiro atoms. The van der Waals surface area contributed by atoms with Crippen molar-refractivity contribution in [3.63, 3.8) is 0 Å². The van der Waals surface area contributed by atoms with Crippen molar-refractivity contribution in [1.29, 1.82) is 0 Å². The number of nitrogens with one attached hydrogen (secondary N) is 1. The summed E-state index contributed by atoms with van der Waals surface area (Å²) in [5, 5.41) is 13.7. The lowest BCUT2D eigenvalue weighted by Crippen LogP contribution is -2.52. The summed E-state index contributed by atoms with van der Waals surface area (Å²) in [6.45, 7) is 8.42. The van der Waals surface area contributed by atoms with E-state index >= 15 is 0 Å². The first-order valence-corrected chi connectivity index (χ1v) is 11.0. The maximum absolute atomic E-state index is 12.7. The molecular formula is C21H26N6O2S. The van der Waals surface area contributed by atoms with Gasteiger partial charge in [-0.25, -0.2) is 0 Å². The molecule has 0 radical (unpaired) electrons. The number of carbonyl (C=O) groups excluding carboxylic acids is 2. The van der Waals surface area contributed by atoms with E-state index in [0.29, 0.717) is 36.9 Å². The van der Waals surface area contributed by atoms with Crippen LogP contribution in [0.3, 0.4) is 0 Å². The number of piperazine rings is 1. The fourth-order valence-electron chi connectivity index (χ4n) is 3.88. The Morgan fingerprint density at radius 3 is 2.77 bits per heavy atom. The molecule has 3 aromatic rings. The van der Waals surface area contributed by atoms with Crippen molar-refractivity contribution < 1.29 is 9.59 Å². The Bertz CT molecular complexity index is 1050. The first kappa shape index (κ1) is 20.5. The molecule has 158 valence electrons. The highest BCUT2D eigenvalue weighted by molar-refractivity contribution is 7.09. The number of aromatic nitrogens is 3. The molecule has 8 nitrogen and oxygen atoms in total. The summed E-state index contributed by atoms with van der Waals surface area (Å²) < 4.78 is 1.88. The standard InChI is InChI=1S/C21H26N6O2S/c1-14(2)26-9-8-25(15(3)28)13-18(26)20-24-23-19-7-6-16(12-27(19)20)21(29)22-11-17-5-4-10-30-17/h4-7,10,12,14,18H,8-9,11,13H2,1-3H3,(H,22,29)/t18-/m1/s1. The lowest BCUT2D eigenvalue weighted by molar-refractivity contribution is -0.132. The highest BCUT2D eigenvalue weighted by Crippen LogP contribution is 2.27. The first-order valence-electron chi connectivity index (χ1n) is 10.1. The molecule has 1 aliphatic heterocycles. The van der Waals surface area contributed by atoms with Crippen LogP contribution in [0.25, 0.3) is 5.65 Å². The number of fused-ring (bicyclic) bond motifs is 1. The van der Waals surface area contributed by atoms with Gasteiger partial charge in [-0.15, -0.1) is 21.5 Å². The van der Waals surface area contributed by atoms with Gasteiger partial charge >= 0.3 is 0 Å². The Labute approximate surface area is 179 Å². The van der Waals surface area contributed by atoms with E-state index in [0.717, 1.165) is 17.2 Å². The summed E-state index contributed by atoms with van der Waals surface area (Å²) >= 11 is 1.61. The Morgan fingerprint density at radius 2 is 2.07 bits per heavy atom. The topological polar surface area (TPSA) is 82.8 Å². The number of carbonyl (C=O) groups is 2. The van der Waals surface area contributed by atoms with Crippen LogP contribution in [0.1, 0.15) is 47.9 Å². The summed E-state index contributed by atoms with van der Waals surface area (Å²) in [6, 6.07) is 7.76. The average Bonchev–Trinajstić information content (AvgIpc) is 3.40. The van der Waals surface area contributed by atoms with E-state index < -0.39 is 0 Å². The highest BCUT2D eigenvalue weighted by atomic mass is 32.1. The predicted molar refractivity (Wildman–Crippen MR) is 115 cm³/mol. The maximum Gasteiger partial charge on any atom is 0.253 e. The smallest absolute Gasteiger partial charge is 0.253 e. The summed E-state index contributed by atoms with van der Waals surface area (Å²) in [7, 11) is 0. The normalized spacial score (nSPS) is 17.6. The number of pyridine rings is 1. The number of thiophene rings is 1. The molecule has 3 aromatic heterocycles. The van der Waals surface area contributed by atoms with Gasteiger partial charge in [0.1, 0.15) is 0 Å². The molecule has 1 N–H and O–H groups in total. The molecule has 0 bridgehead atoms. The third-order valence-corrected chi connectivity index (χ3v) is 6.40. The second kappa shape index (κ2) is 8.53. The molecule has 0 saturated carbocycles. The lowest BCUT2D eigenvalue weighted by Gasteiger charge is -2.42. The second-order valence-electron chi connectivity index (χ2n) is 7.78. The van der Waals surface area contributed by atoms with E-state index in [-0.39, 0.29) is 17.9 Å². The van der Waals surface area contributed by atoms with Crippen molar-refractivity contribution in [1.82, 2.24) is 29.7 Å². The van der Waals surface area contributed by atoms with E-state index in [9.17, 15) is 9.59 Å². The van der Waals surface area contributed by atoms with Crippen LogP contribution >= 0.6 is 11.3 Å². The zero-order chi connectivity index (χ0) is 21.3. The quantitative estimate of drug-likeness (QED) is 0.677. The van der Waals surface area contributed by atoms with Gasteiger partial charge in [-0.1, -0.05) is 6.07 Å². The number of nitrogens with zero attached hydrogens (tertiary/aromatic N) is 5. The van der Waals surface area contributed by atoms with Gasteiger partial charge in [-0.3, -0.25) is 18.9 Å².